The van der Waals surface area contributed by atoms with Crippen LogP contribution in [0, 0.1) is 0 Å². The van der Waals surface area contributed by atoms with Gasteiger partial charge < -0.3 is 10.1 Å². The van der Waals surface area contributed by atoms with Crippen LogP contribution >= 0.6 is 0 Å². The molecule has 1 rings (SSSR count). The molecule has 1 N–H and O–H groups in total. The Bertz CT molecular complexity index is 286. The van der Waals surface area contributed by atoms with E-state index in [1.54, 1.807) is 12.3 Å². The Morgan fingerprint density at radius 2 is 2.50 bits per heavy atom. The Morgan fingerprint density at radius 1 is 1.64 bits per heavy atom. The molecule has 0 saturated heterocycles. The Labute approximate surface area is 84.8 Å². The summed E-state index contributed by atoms with van der Waals surface area (Å²) in [5.74, 6) is 1.58. The monoisotopic (exact) mass is 192 g/mol. The van der Waals surface area contributed by atoms with E-state index in [-0.39, 0.29) is 0 Å². The Kier molecular flexibility index (Phi) is 4.55. The molecule has 0 radical (unpaired) electrons. The highest BCUT2D eigenvalue weighted by Crippen LogP contribution is 2.20. The van der Waals surface area contributed by atoms with Crippen molar-refractivity contribution >= 4 is 5.82 Å². The number of hydrogen-bond donors (Lipinski definition) is 1. The van der Waals surface area contributed by atoms with Gasteiger partial charge in [0.1, 0.15) is 0 Å². The van der Waals surface area contributed by atoms with Gasteiger partial charge in [-0.2, -0.15) is 0 Å². The number of hydrogen-bond acceptors (Lipinski definition) is 3. The van der Waals surface area contributed by atoms with Crippen molar-refractivity contribution in [1.82, 2.24) is 4.98 Å². The Balaban J connectivity index is 2.64. The van der Waals surface area contributed by atoms with Crippen LogP contribution in [0.1, 0.15) is 13.3 Å². The van der Waals surface area contributed by atoms with Crippen molar-refractivity contribution in [2.45, 2.75) is 13.3 Å². The molecule has 0 atom stereocenters. The lowest BCUT2D eigenvalue weighted by Gasteiger charge is -2.09. The fraction of sp³-hybridized carbons (Fsp3) is 0.364. The van der Waals surface area contributed by atoms with Crippen LogP contribution in [-0.4, -0.2) is 18.1 Å². The quantitative estimate of drug-likeness (QED) is 0.703. The van der Waals surface area contributed by atoms with E-state index in [9.17, 15) is 0 Å². The molecular weight excluding hydrogens is 176 g/mol. The van der Waals surface area contributed by atoms with Crippen molar-refractivity contribution in [3.8, 4) is 5.75 Å². The zero-order chi connectivity index (χ0) is 10.2. The molecule has 0 saturated carbocycles. The predicted octanol–water partition coefficient (Wildman–Crippen LogP) is 2.47. The Hall–Kier alpha value is -1.51. The van der Waals surface area contributed by atoms with Crippen molar-refractivity contribution in [3.05, 3.63) is 31.0 Å². The lowest BCUT2D eigenvalue weighted by Crippen LogP contribution is -2.04. The van der Waals surface area contributed by atoms with E-state index in [4.69, 9.17) is 4.74 Å². The lowest BCUT2D eigenvalue weighted by atomic mass is 10.4. The summed E-state index contributed by atoms with van der Waals surface area (Å²) in [6.45, 7) is 7.12. The maximum atomic E-state index is 5.52. The van der Waals surface area contributed by atoms with Crippen molar-refractivity contribution in [2.24, 2.45) is 0 Å². The van der Waals surface area contributed by atoms with Crippen LogP contribution < -0.4 is 10.1 Å². The van der Waals surface area contributed by atoms with Gasteiger partial charge in [0.15, 0.2) is 11.6 Å². The third-order valence-electron chi connectivity index (χ3n) is 1.65. The van der Waals surface area contributed by atoms with E-state index in [2.05, 4.69) is 23.8 Å². The van der Waals surface area contributed by atoms with Crippen LogP contribution in [0.3, 0.4) is 0 Å². The average molecular weight is 192 g/mol. The summed E-state index contributed by atoms with van der Waals surface area (Å²) in [5, 5.41) is 3.12. The highest BCUT2D eigenvalue weighted by Gasteiger charge is 2.01. The summed E-state index contributed by atoms with van der Waals surface area (Å²) in [4.78, 5) is 4.19. The molecule has 0 aliphatic carbocycles. The predicted molar refractivity (Wildman–Crippen MR) is 58.7 cm³/mol. The van der Waals surface area contributed by atoms with Gasteiger partial charge in [-0.15, -0.1) is 6.58 Å². The van der Waals surface area contributed by atoms with Gasteiger partial charge in [0.05, 0.1) is 6.61 Å². The summed E-state index contributed by atoms with van der Waals surface area (Å²) < 4.78 is 5.52. The lowest BCUT2D eigenvalue weighted by molar-refractivity contribution is 0.318. The second-order valence-corrected chi connectivity index (χ2v) is 2.87. The van der Waals surface area contributed by atoms with Crippen molar-refractivity contribution in [3.63, 3.8) is 0 Å². The second kappa shape index (κ2) is 6.02. The van der Waals surface area contributed by atoms with E-state index < -0.39 is 0 Å². The minimum Gasteiger partial charge on any atom is -0.490 e. The molecule has 3 nitrogen and oxygen atoms in total. The van der Waals surface area contributed by atoms with Crippen LogP contribution in [0.5, 0.6) is 5.75 Å². The number of anilines is 1. The number of pyridine rings is 1. The third-order valence-corrected chi connectivity index (χ3v) is 1.65. The number of nitrogens with zero attached hydrogens (tertiary/aromatic N) is 1. The van der Waals surface area contributed by atoms with Crippen molar-refractivity contribution in [1.29, 1.82) is 0 Å². The molecule has 0 bridgehead atoms. The molecule has 0 spiro atoms. The zero-order valence-electron chi connectivity index (χ0n) is 8.49. The second-order valence-electron chi connectivity index (χ2n) is 2.87. The van der Waals surface area contributed by atoms with E-state index in [1.165, 1.54) is 0 Å². The molecule has 0 aliphatic rings. The molecule has 0 aromatic carbocycles. The van der Waals surface area contributed by atoms with E-state index in [0.717, 1.165) is 18.0 Å². The first-order chi connectivity index (χ1) is 6.88. The van der Waals surface area contributed by atoms with Crippen LogP contribution in [0.4, 0.5) is 5.82 Å². The molecule has 1 aromatic heterocycles. The molecule has 0 fully saturated rings. The maximum absolute atomic E-state index is 5.52. The van der Waals surface area contributed by atoms with Crippen LogP contribution in [0.2, 0.25) is 0 Å². The first-order valence-electron chi connectivity index (χ1n) is 4.81. The van der Waals surface area contributed by atoms with Crippen molar-refractivity contribution in [2.75, 3.05) is 18.5 Å². The van der Waals surface area contributed by atoms with Gasteiger partial charge in [0.25, 0.3) is 0 Å². The zero-order valence-corrected chi connectivity index (χ0v) is 8.49. The van der Waals surface area contributed by atoms with E-state index >= 15 is 0 Å². The summed E-state index contributed by atoms with van der Waals surface area (Å²) in [7, 11) is 0. The van der Waals surface area contributed by atoms with Gasteiger partial charge in [-0.3, -0.25) is 0 Å². The number of aromatic nitrogens is 1. The first-order valence-corrected chi connectivity index (χ1v) is 4.81. The Morgan fingerprint density at radius 3 is 3.21 bits per heavy atom. The standard InChI is InChI=1S/C11H16N2O/c1-3-7-12-11-10(14-9-4-2)6-5-8-13-11/h3,5-6,8H,1,4,7,9H2,2H3,(H,12,13). The van der Waals surface area contributed by atoms with Gasteiger partial charge >= 0.3 is 0 Å². The molecule has 0 amide bonds. The highest BCUT2D eigenvalue weighted by molar-refractivity contribution is 5.49. The molecule has 1 aromatic rings. The van der Waals surface area contributed by atoms with Gasteiger partial charge in [-0.05, 0) is 18.6 Å². The van der Waals surface area contributed by atoms with Gasteiger partial charge in [-0.1, -0.05) is 13.0 Å². The third kappa shape index (κ3) is 3.09. The molecule has 14 heavy (non-hydrogen) atoms. The fourth-order valence-electron chi connectivity index (χ4n) is 1.02. The fourth-order valence-corrected chi connectivity index (χ4v) is 1.02. The maximum Gasteiger partial charge on any atom is 0.168 e. The van der Waals surface area contributed by atoms with Crippen LogP contribution in [0.15, 0.2) is 31.0 Å². The minimum atomic E-state index is 0.694. The average Bonchev–Trinajstić information content (AvgIpc) is 2.24. The number of rotatable bonds is 6. The molecule has 0 unspecified atom stereocenters. The first kappa shape index (κ1) is 10.6. The minimum absolute atomic E-state index is 0.694. The molecule has 1 heterocycles. The van der Waals surface area contributed by atoms with Crippen LogP contribution in [0.25, 0.3) is 0 Å². The largest absolute Gasteiger partial charge is 0.490 e. The van der Waals surface area contributed by atoms with E-state index in [1.807, 2.05) is 12.1 Å². The summed E-state index contributed by atoms with van der Waals surface area (Å²) in [6, 6.07) is 3.78. The van der Waals surface area contributed by atoms with E-state index in [0.29, 0.717) is 13.2 Å². The van der Waals surface area contributed by atoms with Gasteiger partial charge in [0, 0.05) is 12.7 Å². The van der Waals surface area contributed by atoms with Gasteiger partial charge in [-0.25, -0.2) is 4.98 Å². The molecular formula is C11H16N2O. The molecule has 0 aliphatic heterocycles. The molecule has 76 valence electrons. The SMILES string of the molecule is C=CCNc1ncccc1OCCC. The molecule has 3 heteroatoms. The topological polar surface area (TPSA) is 34.2 Å². The normalized spacial score (nSPS) is 9.50. The summed E-state index contributed by atoms with van der Waals surface area (Å²) >= 11 is 0. The van der Waals surface area contributed by atoms with Gasteiger partial charge in [0.2, 0.25) is 0 Å². The summed E-state index contributed by atoms with van der Waals surface area (Å²) in [6.07, 6.45) is 4.53. The number of nitrogens with one attached hydrogen (secondary N) is 1. The smallest absolute Gasteiger partial charge is 0.168 e. The number of ether oxygens (including phenoxy) is 1. The summed E-state index contributed by atoms with van der Waals surface area (Å²) in [5.41, 5.74) is 0. The van der Waals surface area contributed by atoms with Crippen molar-refractivity contribution < 1.29 is 4.74 Å². The van der Waals surface area contributed by atoms with Crippen LogP contribution in [-0.2, 0) is 0 Å². The highest BCUT2D eigenvalue weighted by atomic mass is 16.5.